The highest BCUT2D eigenvalue weighted by Crippen LogP contribution is 2.25. The van der Waals surface area contributed by atoms with E-state index in [0.717, 1.165) is 18.2 Å². The molecule has 14 heavy (non-hydrogen) atoms. The Labute approximate surface area is 88.8 Å². The molecule has 0 amide bonds. The molecule has 0 spiro atoms. The van der Waals surface area contributed by atoms with Crippen molar-refractivity contribution in [3.8, 4) is 0 Å². The van der Waals surface area contributed by atoms with Crippen molar-refractivity contribution in [3.63, 3.8) is 0 Å². The van der Waals surface area contributed by atoms with Gasteiger partial charge in [-0.2, -0.15) is 0 Å². The Hall–Kier alpha value is -0.850. The van der Waals surface area contributed by atoms with Crippen molar-refractivity contribution in [2.24, 2.45) is 0 Å². The SMILES string of the molecule is O=[N+]([O-])c1cc(Cl)cc(S(=O)(=O)Cl)c1. The van der Waals surface area contributed by atoms with Gasteiger partial charge in [0.2, 0.25) is 0 Å². The van der Waals surface area contributed by atoms with Crippen LogP contribution < -0.4 is 0 Å². The summed E-state index contributed by atoms with van der Waals surface area (Å²) < 4.78 is 21.7. The highest BCUT2D eigenvalue weighted by atomic mass is 35.7. The second-order valence-corrected chi connectivity index (χ2v) is 5.34. The first kappa shape index (κ1) is 11.2. The summed E-state index contributed by atoms with van der Waals surface area (Å²) in [5.41, 5.74) is -0.420. The number of benzene rings is 1. The zero-order valence-electron chi connectivity index (χ0n) is 6.48. The van der Waals surface area contributed by atoms with Crippen LogP contribution in [0.5, 0.6) is 0 Å². The number of halogens is 2. The lowest BCUT2D eigenvalue weighted by molar-refractivity contribution is -0.385. The number of nitro benzene ring substituents is 1. The lowest BCUT2D eigenvalue weighted by Gasteiger charge is -1.97. The van der Waals surface area contributed by atoms with Gasteiger partial charge in [0.25, 0.3) is 14.7 Å². The third-order valence-corrected chi connectivity index (χ3v) is 2.90. The lowest BCUT2D eigenvalue weighted by Crippen LogP contribution is -1.94. The second-order valence-electron chi connectivity index (χ2n) is 2.34. The summed E-state index contributed by atoms with van der Waals surface area (Å²) in [5, 5.41) is 10.3. The average Bonchev–Trinajstić information content (AvgIpc) is 2.01. The first-order valence-corrected chi connectivity index (χ1v) is 5.89. The van der Waals surface area contributed by atoms with E-state index >= 15 is 0 Å². The van der Waals surface area contributed by atoms with E-state index in [9.17, 15) is 18.5 Å². The third-order valence-electron chi connectivity index (χ3n) is 1.35. The van der Waals surface area contributed by atoms with Crippen molar-refractivity contribution in [2.45, 2.75) is 4.90 Å². The fourth-order valence-electron chi connectivity index (χ4n) is 0.794. The van der Waals surface area contributed by atoms with Gasteiger partial charge in [-0.25, -0.2) is 8.42 Å². The van der Waals surface area contributed by atoms with Crippen LogP contribution in [-0.2, 0) is 9.05 Å². The van der Waals surface area contributed by atoms with Gasteiger partial charge in [0, 0.05) is 27.8 Å². The zero-order valence-corrected chi connectivity index (χ0v) is 8.80. The molecule has 8 heteroatoms. The van der Waals surface area contributed by atoms with Crippen molar-refractivity contribution in [2.75, 3.05) is 0 Å². The fourth-order valence-corrected chi connectivity index (χ4v) is 1.88. The Kier molecular flexibility index (Phi) is 2.98. The molecule has 1 rings (SSSR count). The van der Waals surface area contributed by atoms with Gasteiger partial charge in [-0.1, -0.05) is 11.6 Å². The molecular weight excluding hydrogens is 253 g/mol. The molecule has 5 nitrogen and oxygen atoms in total. The molecule has 1 aromatic carbocycles. The number of non-ortho nitro benzene ring substituents is 1. The van der Waals surface area contributed by atoms with E-state index in [2.05, 4.69) is 0 Å². The van der Waals surface area contributed by atoms with E-state index < -0.39 is 24.6 Å². The molecule has 0 fully saturated rings. The molecule has 0 unspecified atom stereocenters. The third kappa shape index (κ3) is 2.57. The van der Waals surface area contributed by atoms with Crippen molar-refractivity contribution in [1.29, 1.82) is 0 Å². The molecule has 0 bridgehead atoms. The minimum Gasteiger partial charge on any atom is -0.258 e. The molecule has 0 aliphatic carbocycles. The van der Waals surface area contributed by atoms with Crippen LogP contribution in [0.15, 0.2) is 23.1 Å². The van der Waals surface area contributed by atoms with Gasteiger partial charge in [-0.15, -0.1) is 0 Å². The Morgan fingerprint density at radius 3 is 2.29 bits per heavy atom. The molecule has 0 aliphatic heterocycles. The van der Waals surface area contributed by atoms with E-state index in [1.54, 1.807) is 0 Å². The maximum atomic E-state index is 10.8. The molecular formula is C6H3Cl2NO4S. The van der Waals surface area contributed by atoms with Crippen LogP contribution in [0.3, 0.4) is 0 Å². The topological polar surface area (TPSA) is 77.3 Å². The summed E-state index contributed by atoms with van der Waals surface area (Å²) in [5.74, 6) is 0. The molecule has 0 N–H and O–H groups in total. The lowest BCUT2D eigenvalue weighted by atomic mass is 10.3. The van der Waals surface area contributed by atoms with Crippen LogP contribution in [0.25, 0.3) is 0 Å². The minimum atomic E-state index is -4.00. The minimum absolute atomic E-state index is 0.0570. The van der Waals surface area contributed by atoms with Gasteiger partial charge in [0.15, 0.2) is 0 Å². The van der Waals surface area contributed by atoms with Crippen molar-refractivity contribution in [3.05, 3.63) is 33.3 Å². The normalized spacial score (nSPS) is 11.3. The quantitative estimate of drug-likeness (QED) is 0.461. The summed E-state index contributed by atoms with van der Waals surface area (Å²) in [6.07, 6.45) is 0. The maximum Gasteiger partial charge on any atom is 0.272 e. The van der Waals surface area contributed by atoms with E-state index in [0.29, 0.717) is 0 Å². The molecule has 0 saturated heterocycles. The van der Waals surface area contributed by atoms with Crippen LogP contribution >= 0.6 is 22.3 Å². The molecule has 0 radical (unpaired) electrons. The van der Waals surface area contributed by atoms with Crippen LogP contribution in [0.1, 0.15) is 0 Å². The molecule has 1 aromatic rings. The predicted octanol–water partition coefficient (Wildman–Crippen LogP) is 2.18. The number of hydrogen-bond donors (Lipinski definition) is 0. The second kappa shape index (κ2) is 3.72. The Balaban J connectivity index is 3.43. The Bertz CT molecular complexity index is 485. The molecule has 0 aliphatic rings. The largest absolute Gasteiger partial charge is 0.272 e. The van der Waals surface area contributed by atoms with Gasteiger partial charge in [-0.3, -0.25) is 10.1 Å². The standard InChI is InChI=1S/C6H3Cl2NO4S/c7-4-1-5(9(10)11)3-6(2-4)14(8,12)13/h1-3H. The van der Waals surface area contributed by atoms with E-state index in [4.69, 9.17) is 22.3 Å². The zero-order chi connectivity index (χ0) is 10.9. The van der Waals surface area contributed by atoms with E-state index in [-0.39, 0.29) is 5.02 Å². The highest BCUT2D eigenvalue weighted by Gasteiger charge is 2.16. The van der Waals surface area contributed by atoms with Gasteiger partial charge in [-0.05, 0) is 6.07 Å². The predicted molar refractivity (Wildman–Crippen MR) is 51.1 cm³/mol. The first-order chi connectivity index (χ1) is 6.30. The molecule has 0 atom stereocenters. The summed E-state index contributed by atoms with van der Waals surface area (Å²) in [6.45, 7) is 0. The molecule has 0 aromatic heterocycles. The van der Waals surface area contributed by atoms with Crippen LogP contribution in [0.2, 0.25) is 5.02 Å². The average molecular weight is 256 g/mol. The fraction of sp³-hybridized carbons (Fsp3) is 0. The van der Waals surface area contributed by atoms with Gasteiger partial charge >= 0.3 is 0 Å². The highest BCUT2D eigenvalue weighted by molar-refractivity contribution is 8.13. The van der Waals surface area contributed by atoms with Crippen molar-refractivity contribution < 1.29 is 13.3 Å². The van der Waals surface area contributed by atoms with Crippen LogP contribution in [0.4, 0.5) is 5.69 Å². The van der Waals surface area contributed by atoms with Gasteiger partial charge < -0.3 is 0 Å². The Morgan fingerprint density at radius 1 is 1.29 bits per heavy atom. The monoisotopic (exact) mass is 255 g/mol. The van der Waals surface area contributed by atoms with Crippen molar-refractivity contribution in [1.82, 2.24) is 0 Å². The number of nitro groups is 1. The van der Waals surface area contributed by atoms with E-state index in [1.807, 2.05) is 0 Å². The number of nitrogens with zero attached hydrogens (tertiary/aromatic N) is 1. The Morgan fingerprint density at radius 2 is 1.86 bits per heavy atom. The van der Waals surface area contributed by atoms with Crippen LogP contribution in [-0.4, -0.2) is 13.3 Å². The van der Waals surface area contributed by atoms with Crippen molar-refractivity contribution >= 4 is 37.0 Å². The molecule has 0 saturated carbocycles. The summed E-state index contributed by atoms with van der Waals surface area (Å²) in [6, 6.07) is 2.91. The van der Waals surface area contributed by atoms with E-state index in [1.165, 1.54) is 0 Å². The first-order valence-electron chi connectivity index (χ1n) is 3.20. The summed E-state index contributed by atoms with van der Waals surface area (Å²) in [4.78, 5) is 9.20. The molecule has 76 valence electrons. The summed E-state index contributed by atoms with van der Waals surface area (Å²) in [7, 11) is 1.00. The number of hydrogen-bond acceptors (Lipinski definition) is 4. The number of rotatable bonds is 2. The summed E-state index contributed by atoms with van der Waals surface area (Å²) >= 11 is 5.47. The maximum absolute atomic E-state index is 10.8. The van der Waals surface area contributed by atoms with Crippen LogP contribution in [0, 0.1) is 10.1 Å². The van der Waals surface area contributed by atoms with Gasteiger partial charge in [0.05, 0.1) is 9.82 Å². The van der Waals surface area contributed by atoms with Gasteiger partial charge in [0.1, 0.15) is 0 Å². The smallest absolute Gasteiger partial charge is 0.258 e. The molecule has 0 heterocycles.